The predicted molar refractivity (Wildman–Crippen MR) is 332 cm³/mol. The molecule has 0 saturated carbocycles. The molecule has 0 spiro atoms. The van der Waals surface area contributed by atoms with Gasteiger partial charge >= 0.3 is 11.9 Å². The van der Waals surface area contributed by atoms with Crippen LogP contribution in [-0.2, 0) is 32.7 Å². The number of quaternary nitrogens is 1. The second kappa shape index (κ2) is 58.1. The Kier molecular flexibility index (Phi) is 55.4. The normalized spacial score (nSPS) is 14.1. The van der Waals surface area contributed by atoms with Gasteiger partial charge in [-0.1, -0.05) is 251 Å². The van der Waals surface area contributed by atoms with Gasteiger partial charge in [0.05, 0.1) is 27.7 Å². The third-order valence-corrected chi connectivity index (χ3v) is 13.9. The van der Waals surface area contributed by atoms with E-state index >= 15 is 0 Å². The molecule has 0 aromatic carbocycles. The zero-order valence-electron chi connectivity index (χ0n) is 50.6. The molecule has 0 aliphatic heterocycles. The molecule has 0 aromatic rings. The number of phosphoric acid groups is 1. The van der Waals surface area contributed by atoms with Gasteiger partial charge in [-0.05, 0) is 103 Å². The highest BCUT2D eigenvalue weighted by molar-refractivity contribution is 7.45. The van der Waals surface area contributed by atoms with Crippen molar-refractivity contribution < 1.29 is 42.1 Å². The Hall–Kier alpha value is -3.59. The first kappa shape index (κ1) is 74.4. The van der Waals surface area contributed by atoms with Crippen LogP contribution in [0, 0.1) is 0 Å². The van der Waals surface area contributed by atoms with Crippen LogP contribution >= 0.6 is 7.82 Å². The molecule has 0 saturated heterocycles. The van der Waals surface area contributed by atoms with Crippen molar-refractivity contribution in [1.29, 1.82) is 0 Å². The molecule has 0 N–H and O–H groups in total. The minimum Gasteiger partial charge on any atom is -0.756 e. The molecule has 2 atom stereocenters. The number of esters is 2. The largest absolute Gasteiger partial charge is 0.756 e. The molecule has 0 bridgehead atoms. The monoisotopic (exact) mass is 1110 g/mol. The fourth-order valence-electron chi connectivity index (χ4n) is 8.24. The van der Waals surface area contributed by atoms with E-state index in [2.05, 4.69) is 135 Å². The first-order valence-corrected chi connectivity index (χ1v) is 32.7. The van der Waals surface area contributed by atoms with Crippen LogP contribution in [0.2, 0.25) is 0 Å². The van der Waals surface area contributed by atoms with Gasteiger partial charge in [0.1, 0.15) is 19.8 Å². The van der Waals surface area contributed by atoms with Crippen molar-refractivity contribution in [1.82, 2.24) is 0 Å². The highest BCUT2D eigenvalue weighted by Gasteiger charge is 2.22. The molecular weight excluding hydrogens is 990 g/mol. The number of hydrogen-bond acceptors (Lipinski definition) is 8. The fraction of sp³-hybridized carbons (Fsp3) is 0.676. The number of likely N-dealkylation sites (N-methyl/N-ethyl adjacent to an activating group) is 1. The van der Waals surface area contributed by atoms with Crippen molar-refractivity contribution >= 4 is 19.8 Å². The van der Waals surface area contributed by atoms with E-state index in [1.165, 1.54) is 103 Å². The lowest BCUT2D eigenvalue weighted by atomic mass is 10.0. The summed E-state index contributed by atoms with van der Waals surface area (Å²) in [5.41, 5.74) is 0. The van der Waals surface area contributed by atoms with Crippen molar-refractivity contribution in [3.8, 4) is 0 Å². The standard InChI is InChI=1S/C68H116NO8P/c1-6-8-10-12-14-16-18-20-22-24-26-28-30-32-34-36-38-40-42-44-46-48-50-52-54-56-58-60-67(70)74-64-66(65-76-78(72,73)75-63-62-69(3,4)5)77-68(71)61-59-57-55-53-51-49-47-45-43-41-39-37-35-33-31-29-27-25-23-21-19-17-15-13-11-9-7-2/h8-11,14-17,20-23,26-29,33,35,39,41,66H,6-7,12-13,18-19,24-25,30-32,34,36-38,40,42-65H2,1-5H3/b10-8-,11-9-,16-14-,17-15-,22-20-,23-21-,28-26-,29-27-,35-33-,41-39-. The maximum Gasteiger partial charge on any atom is 0.306 e. The van der Waals surface area contributed by atoms with E-state index in [1.807, 2.05) is 21.1 Å². The summed E-state index contributed by atoms with van der Waals surface area (Å²) < 4.78 is 34.2. The number of phosphoric ester groups is 1. The van der Waals surface area contributed by atoms with Gasteiger partial charge in [-0.25, -0.2) is 0 Å². The third-order valence-electron chi connectivity index (χ3n) is 13.0. The Labute approximate surface area is 479 Å². The molecule has 0 aliphatic carbocycles. The van der Waals surface area contributed by atoms with E-state index in [9.17, 15) is 19.0 Å². The molecule has 0 aromatic heterocycles. The quantitative estimate of drug-likeness (QED) is 0.0195. The lowest BCUT2D eigenvalue weighted by Gasteiger charge is -2.28. The lowest BCUT2D eigenvalue weighted by molar-refractivity contribution is -0.870. The first-order chi connectivity index (χ1) is 38.0. The second-order valence-electron chi connectivity index (χ2n) is 21.7. The number of rotatable bonds is 56. The number of allylic oxidation sites excluding steroid dienone is 20. The number of nitrogens with zero attached hydrogens (tertiary/aromatic N) is 1. The van der Waals surface area contributed by atoms with Crippen molar-refractivity contribution in [3.63, 3.8) is 0 Å². The smallest absolute Gasteiger partial charge is 0.306 e. The van der Waals surface area contributed by atoms with Crippen LogP contribution in [0.1, 0.15) is 245 Å². The SMILES string of the molecule is CC/C=C\C/C=C\C/C=C\C/C=C\C/C=C\C/C=C\CCCCCCCCCCC(=O)OC(COC(=O)CCCCCCCCCCCCCCCC/C=C\C/C=C\C/C=C\C/C=C\CC)COP(=O)([O-])OCC[N+](C)(C)C. The average Bonchev–Trinajstić information content (AvgIpc) is 3.41. The van der Waals surface area contributed by atoms with E-state index in [4.69, 9.17) is 18.5 Å². The van der Waals surface area contributed by atoms with Crippen LogP contribution in [-0.4, -0.2) is 70.0 Å². The maximum absolute atomic E-state index is 12.8. The summed E-state index contributed by atoms with van der Waals surface area (Å²) in [5.74, 6) is -0.847. The van der Waals surface area contributed by atoms with Gasteiger partial charge in [0.2, 0.25) is 0 Å². The summed E-state index contributed by atoms with van der Waals surface area (Å²) in [6, 6.07) is 0. The van der Waals surface area contributed by atoms with Crippen LogP contribution in [0.15, 0.2) is 122 Å². The van der Waals surface area contributed by atoms with E-state index in [0.717, 1.165) is 109 Å². The van der Waals surface area contributed by atoms with Crippen LogP contribution < -0.4 is 4.89 Å². The van der Waals surface area contributed by atoms with E-state index in [1.54, 1.807) is 0 Å². The van der Waals surface area contributed by atoms with E-state index in [0.29, 0.717) is 17.4 Å². The van der Waals surface area contributed by atoms with Crippen LogP contribution in [0.25, 0.3) is 0 Å². The zero-order valence-corrected chi connectivity index (χ0v) is 51.5. The summed E-state index contributed by atoms with van der Waals surface area (Å²) in [5, 5.41) is 0. The molecule has 0 aliphatic rings. The van der Waals surface area contributed by atoms with Gasteiger partial charge in [-0.2, -0.15) is 0 Å². The summed E-state index contributed by atoms with van der Waals surface area (Å²) in [6.07, 6.45) is 82.5. The van der Waals surface area contributed by atoms with Crippen molar-refractivity contribution in [2.24, 2.45) is 0 Å². The number of carbonyl (C=O) groups excluding carboxylic acids is 2. The van der Waals surface area contributed by atoms with Crippen molar-refractivity contribution in [2.45, 2.75) is 251 Å². The molecule has 9 nitrogen and oxygen atoms in total. The number of unbranched alkanes of at least 4 members (excludes halogenated alkanes) is 22. The molecule has 446 valence electrons. The second-order valence-corrected chi connectivity index (χ2v) is 23.1. The Morgan fingerprint density at radius 3 is 1.03 bits per heavy atom. The summed E-state index contributed by atoms with van der Waals surface area (Å²) in [4.78, 5) is 38.0. The third kappa shape index (κ3) is 61.6. The van der Waals surface area contributed by atoms with Crippen molar-refractivity contribution in [3.05, 3.63) is 122 Å². The molecule has 0 fully saturated rings. The fourth-order valence-corrected chi connectivity index (χ4v) is 8.97. The minimum absolute atomic E-state index is 0.0384. The Balaban J connectivity index is 4.16. The van der Waals surface area contributed by atoms with E-state index in [-0.39, 0.29) is 32.0 Å². The molecule has 78 heavy (non-hydrogen) atoms. The van der Waals surface area contributed by atoms with Gasteiger partial charge in [0.15, 0.2) is 6.10 Å². The minimum atomic E-state index is -4.65. The van der Waals surface area contributed by atoms with Crippen LogP contribution in [0.4, 0.5) is 0 Å². The average molecular weight is 1110 g/mol. The van der Waals surface area contributed by atoms with Crippen molar-refractivity contribution in [2.75, 3.05) is 47.5 Å². The van der Waals surface area contributed by atoms with Gasteiger partial charge in [0, 0.05) is 12.8 Å². The molecule has 10 heteroatoms. The number of ether oxygens (including phenoxy) is 2. The molecule has 0 radical (unpaired) electrons. The van der Waals surface area contributed by atoms with Gasteiger partial charge in [-0.15, -0.1) is 0 Å². The number of hydrogen-bond donors (Lipinski definition) is 0. The van der Waals surface area contributed by atoms with Gasteiger partial charge in [-0.3, -0.25) is 14.2 Å². The van der Waals surface area contributed by atoms with Gasteiger partial charge in [0.25, 0.3) is 7.82 Å². The maximum atomic E-state index is 12.8. The predicted octanol–water partition coefficient (Wildman–Crippen LogP) is 19.3. The molecule has 2 unspecified atom stereocenters. The van der Waals surface area contributed by atoms with Crippen LogP contribution in [0.5, 0.6) is 0 Å². The van der Waals surface area contributed by atoms with Gasteiger partial charge < -0.3 is 27.9 Å². The molecule has 0 heterocycles. The molecular formula is C68H116NO8P. The summed E-state index contributed by atoms with van der Waals surface area (Å²) in [6.45, 7) is 4.01. The van der Waals surface area contributed by atoms with Crippen LogP contribution in [0.3, 0.4) is 0 Å². The Morgan fingerprint density at radius 1 is 0.397 bits per heavy atom. The number of carbonyl (C=O) groups is 2. The molecule has 0 rings (SSSR count). The highest BCUT2D eigenvalue weighted by atomic mass is 31.2. The summed E-state index contributed by atoms with van der Waals surface area (Å²) in [7, 11) is 1.15. The first-order valence-electron chi connectivity index (χ1n) is 31.2. The Bertz CT molecular complexity index is 1730. The molecule has 0 amide bonds. The topological polar surface area (TPSA) is 111 Å². The zero-order chi connectivity index (χ0) is 57.0. The summed E-state index contributed by atoms with van der Waals surface area (Å²) >= 11 is 0. The Morgan fingerprint density at radius 2 is 0.692 bits per heavy atom. The lowest BCUT2D eigenvalue weighted by Crippen LogP contribution is -2.37. The highest BCUT2D eigenvalue weighted by Crippen LogP contribution is 2.38. The van der Waals surface area contributed by atoms with E-state index < -0.39 is 26.5 Å².